The molecule has 0 aliphatic heterocycles. The Hall–Kier alpha value is -2.60. The van der Waals surface area contributed by atoms with Gasteiger partial charge in [-0.25, -0.2) is 4.79 Å². The predicted molar refractivity (Wildman–Crippen MR) is 79.1 cm³/mol. The predicted octanol–water partition coefficient (Wildman–Crippen LogP) is 3.81. The van der Waals surface area contributed by atoms with E-state index in [-0.39, 0.29) is 18.0 Å². The summed E-state index contributed by atoms with van der Waals surface area (Å²) >= 11 is 5.71. The number of nitro benzene ring substituents is 1. The van der Waals surface area contributed by atoms with Gasteiger partial charge in [-0.2, -0.15) is 0 Å². The minimum Gasteiger partial charge on any atom is -0.434 e. The van der Waals surface area contributed by atoms with Gasteiger partial charge in [0.05, 0.1) is 16.6 Å². The Balaban J connectivity index is 1.78. The molecule has 0 saturated heterocycles. The maximum absolute atomic E-state index is 11.5. The molecule has 0 N–H and O–H groups in total. The second-order valence-corrected chi connectivity index (χ2v) is 4.65. The molecule has 0 aliphatic rings. The molecule has 0 saturated carbocycles. The van der Waals surface area contributed by atoms with Crippen LogP contribution in [0.15, 0.2) is 42.5 Å². The Bertz CT molecular complexity index is 672. The molecular weight excluding hydrogens is 310 g/mol. The average molecular weight is 321 g/mol. The van der Waals surface area contributed by atoms with Crippen molar-refractivity contribution >= 4 is 23.4 Å². The summed E-state index contributed by atoms with van der Waals surface area (Å²) in [5.74, 6) is 0.268. The quantitative estimate of drug-likeness (QED) is 0.362. The largest absolute Gasteiger partial charge is 0.513 e. The molecule has 0 spiro atoms. The third kappa shape index (κ3) is 4.75. The first-order valence-electron chi connectivity index (χ1n) is 6.30. The number of nitrogens with zero attached hydrogens (tertiary/aromatic N) is 1. The van der Waals surface area contributed by atoms with Gasteiger partial charge < -0.3 is 9.47 Å². The molecule has 0 heterocycles. The van der Waals surface area contributed by atoms with E-state index >= 15 is 0 Å². The topological polar surface area (TPSA) is 78.7 Å². The lowest BCUT2D eigenvalue weighted by molar-refractivity contribution is -0.384. The number of benzene rings is 2. The summed E-state index contributed by atoms with van der Waals surface area (Å²) in [7, 11) is 0. The zero-order chi connectivity index (χ0) is 15.9. The molecule has 2 aromatic rings. The molecule has 0 aliphatic carbocycles. The molecule has 6 nitrogen and oxygen atoms in total. The number of halogens is 1. The lowest BCUT2D eigenvalue weighted by Crippen LogP contribution is -2.12. The van der Waals surface area contributed by atoms with Crippen LogP contribution in [0.25, 0.3) is 0 Å². The molecule has 113 valence electrons. The maximum Gasteiger partial charge on any atom is 0.513 e. The van der Waals surface area contributed by atoms with Gasteiger partial charge in [-0.3, -0.25) is 10.1 Å². The summed E-state index contributed by atoms with van der Waals surface area (Å²) in [6.45, 7) is 0.101. The van der Waals surface area contributed by atoms with Crippen LogP contribution in [0.4, 0.5) is 10.5 Å². The summed E-state index contributed by atoms with van der Waals surface area (Å²) < 4.78 is 9.85. The van der Waals surface area contributed by atoms with Gasteiger partial charge in [0.2, 0.25) is 0 Å². The number of carbonyl (C=O) groups excluding carboxylic acids is 1. The molecule has 0 aromatic heterocycles. The smallest absolute Gasteiger partial charge is 0.434 e. The second-order valence-electron chi connectivity index (χ2n) is 4.25. The van der Waals surface area contributed by atoms with Crippen molar-refractivity contribution in [3.63, 3.8) is 0 Å². The molecule has 7 heteroatoms. The second kappa shape index (κ2) is 7.42. The van der Waals surface area contributed by atoms with Crippen molar-refractivity contribution in [3.8, 4) is 5.75 Å². The molecule has 1 radical (unpaired) electrons. The molecule has 22 heavy (non-hydrogen) atoms. The Kier molecular flexibility index (Phi) is 5.32. The normalized spacial score (nSPS) is 10.0. The third-order valence-corrected chi connectivity index (χ3v) is 2.92. The lowest BCUT2D eigenvalue weighted by atomic mass is 10.1. The van der Waals surface area contributed by atoms with Crippen molar-refractivity contribution in [1.82, 2.24) is 0 Å². The van der Waals surface area contributed by atoms with E-state index in [0.717, 1.165) is 5.56 Å². The number of hydrogen-bond acceptors (Lipinski definition) is 5. The van der Waals surface area contributed by atoms with Gasteiger partial charge in [0.1, 0.15) is 5.75 Å². The minimum absolute atomic E-state index is 0.0156. The Morgan fingerprint density at radius 3 is 2.64 bits per heavy atom. The number of nitro groups is 1. The van der Waals surface area contributed by atoms with Gasteiger partial charge in [0.15, 0.2) is 0 Å². The fourth-order valence-electron chi connectivity index (χ4n) is 1.64. The SMILES string of the molecule is O=C(OCCc1ccc([N+](=O)[O-])cc1)Oc1cc[c]c(Cl)c1. The monoisotopic (exact) mass is 320 g/mol. The number of hydrogen-bond donors (Lipinski definition) is 0. The van der Waals surface area contributed by atoms with Gasteiger partial charge in [0, 0.05) is 30.7 Å². The third-order valence-electron chi connectivity index (χ3n) is 2.70. The molecule has 0 amide bonds. The van der Waals surface area contributed by atoms with Crippen LogP contribution in [-0.4, -0.2) is 17.7 Å². The van der Waals surface area contributed by atoms with Gasteiger partial charge >= 0.3 is 6.16 Å². The van der Waals surface area contributed by atoms with Crippen LogP contribution in [0, 0.1) is 16.2 Å². The fourth-order valence-corrected chi connectivity index (χ4v) is 1.81. The van der Waals surface area contributed by atoms with E-state index in [9.17, 15) is 14.9 Å². The van der Waals surface area contributed by atoms with Crippen LogP contribution in [0.5, 0.6) is 5.75 Å². The maximum atomic E-state index is 11.5. The van der Waals surface area contributed by atoms with Crippen molar-refractivity contribution in [2.45, 2.75) is 6.42 Å². The van der Waals surface area contributed by atoms with E-state index in [1.54, 1.807) is 12.1 Å². The number of carbonyl (C=O) groups is 1. The highest BCUT2D eigenvalue weighted by atomic mass is 35.5. The van der Waals surface area contributed by atoms with Crippen molar-refractivity contribution < 1.29 is 19.2 Å². The highest BCUT2D eigenvalue weighted by Gasteiger charge is 2.08. The van der Waals surface area contributed by atoms with Gasteiger partial charge in [-0.1, -0.05) is 23.7 Å². The van der Waals surface area contributed by atoms with Crippen LogP contribution in [0.3, 0.4) is 0 Å². The van der Waals surface area contributed by atoms with E-state index in [0.29, 0.717) is 11.4 Å². The van der Waals surface area contributed by atoms with Crippen LogP contribution >= 0.6 is 11.6 Å². The summed E-state index contributed by atoms with van der Waals surface area (Å²) in [5, 5.41) is 10.9. The standard InChI is InChI=1S/C15H11ClNO5/c16-12-2-1-3-14(10-12)22-15(18)21-9-8-11-4-6-13(7-5-11)17(19)20/h1,3-7,10H,8-9H2. The van der Waals surface area contributed by atoms with E-state index < -0.39 is 11.1 Å². The van der Waals surface area contributed by atoms with Crippen LogP contribution in [0.2, 0.25) is 5.02 Å². The molecule has 2 rings (SSSR count). The first-order valence-corrected chi connectivity index (χ1v) is 6.67. The Morgan fingerprint density at radius 1 is 1.27 bits per heavy atom. The zero-order valence-corrected chi connectivity index (χ0v) is 12.1. The van der Waals surface area contributed by atoms with Crippen LogP contribution in [-0.2, 0) is 11.2 Å². The fraction of sp³-hybridized carbons (Fsp3) is 0.133. The molecule has 0 atom stereocenters. The summed E-state index contributed by atoms with van der Waals surface area (Å²) in [4.78, 5) is 21.5. The van der Waals surface area contributed by atoms with Crippen LogP contribution < -0.4 is 4.74 Å². The Labute approximate surface area is 131 Å². The summed E-state index contributed by atoms with van der Waals surface area (Å²) in [6, 6.07) is 13.2. The van der Waals surface area contributed by atoms with Crippen molar-refractivity contribution in [2.75, 3.05) is 6.61 Å². The first-order chi connectivity index (χ1) is 10.5. The molecule has 0 fully saturated rings. The van der Waals surface area contributed by atoms with E-state index in [2.05, 4.69) is 6.07 Å². The van der Waals surface area contributed by atoms with Gasteiger partial charge in [-0.05, 0) is 17.7 Å². The van der Waals surface area contributed by atoms with Gasteiger partial charge in [0.25, 0.3) is 5.69 Å². The van der Waals surface area contributed by atoms with Gasteiger partial charge in [-0.15, -0.1) is 0 Å². The molecule has 2 aromatic carbocycles. The van der Waals surface area contributed by atoms with Crippen LogP contribution in [0.1, 0.15) is 5.56 Å². The zero-order valence-electron chi connectivity index (χ0n) is 11.3. The molecule has 0 bridgehead atoms. The number of non-ortho nitro benzene ring substituents is 1. The molecule has 0 unspecified atom stereocenters. The lowest BCUT2D eigenvalue weighted by Gasteiger charge is -2.06. The molecular formula is C15H11ClNO5. The first kappa shape index (κ1) is 15.8. The number of ether oxygens (including phenoxy) is 2. The Morgan fingerprint density at radius 2 is 2.00 bits per heavy atom. The van der Waals surface area contributed by atoms with E-state index in [4.69, 9.17) is 21.1 Å². The minimum atomic E-state index is -0.843. The highest BCUT2D eigenvalue weighted by Crippen LogP contribution is 2.17. The number of rotatable bonds is 5. The van der Waals surface area contributed by atoms with Crippen molar-refractivity contribution in [3.05, 3.63) is 69.2 Å². The highest BCUT2D eigenvalue weighted by molar-refractivity contribution is 6.30. The van der Waals surface area contributed by atoms with Crippen molar-refractivity contribution in [1.29, 1.82) is 0 Å². The van der Waals surface area contributed by atoms with E-state index in [1.807, 2.05) is 0 Å². The summed E-state index contributed by atoms with van der Waals surface area (Å²) in [6.07, 6.45) is -0.416. The summed E-state index contributed by atoms with van der Waals surface area (Å²) in [5.41, 5.74) is 0.831. The van der Waals surface area contributed by atoms with Crippen molar-refractivity contribution in [2.24, 2.45) is 0 Å². The van der Waals surface area contributed by atoms with E-state index in [1.165, 1.54) is 30.3 Å². The average Bonchev–Trinajstić information content (AvgIpc) is 2.47.